The largest absolute Gasteiger partial charge is 0.497 e. The monoisotopic (exact) mass is 410 g/mol. The van der Waals surface area contributed by atoms with Crippen molar-refractivity contribution in [1.29, 1.82) is 0 Å². The summed E-state index contributed by atoms with van der Waals surface area (Å²) >= 11 is 0. The standard InChI is InChI=1S/C23H26N2O5/c1-5-29-22(26)19-20(15-6-10-17(28-4)11-7-15)24-23(27)25-21(19)16-8-12-18(13-9-16)30-14(2)3/h6-14,21H,5H2,1-4H3,(H2,24,25,27). The van der Waals surface area contributed by atoms with Gasteiger partial charge in [-0.05, 0) is 68.3 Å². The highest BCUT2D eigenvalue weighted by Gasteiger charge is 2.34. The van der Waals surface area contributed by atoms with Crippen LogP contribution in [0.5, 0.6) is 11.5 Å². The highest BCUT2D eigenvalue weighted by Crippen LogP contribution is 2.33. The molecule has 30 heavy (non-hydrogen) atoms. The Morgan fingerprint density at radius 1 is 1.03 bits per heavy atom. The van der Waals surface area contributed by atoms with Gasteiger partial charge >= 0.3 is 12.0 Å². The summed E-state index contributed by atoms with van der Waals surface area (Å²) in [6.07, 6.45) is 0.0473. The van der Waals surface area contributed by atoms with Crippen molar-refractivity contribution in [3.63, 3.8) is 0 Å². The van der Waals surface area contributed by atoms with E-state index in [9.17, 15) is 9.59 Å². The van der Waals surface area contributed by atoms with E-state index in [-0.39, 0.29) is 12.7 Å². The minimum atomic E-state index is -0.664. The molecule has 0 bridgehead atoms. The summed E-state index contributed by atoms with van der Waals surface area (Å²) in [6, 6.07) is 13.4. The third kappa shape index (κ3) is 4.74. The molecule has 0 aromatic heterocycles. The molecule has 0 saturated heterocycles. The lowest BCUT2D eigenvalue weighted by Gasteiger charge is -2.29. The Balaban J connectivity index is 2.07. The molecule has 0 aliphatic carbocycles. The van der Waals surface area contributed by atoms with Crippen LogP contribution in [-0.4, -0.2) is 31.8 Å². The Kier molecular flexibility index (Phi) is 6.61. The van der Waals surface area contributed by atoms with Crippen molar-refractivity contribution in [3.8, 4) is 11.5 Å². The number of ether oxygens (including phenoxy) is 3. The molecular formula is C23H26N2O5. The fraction of sp³-hybridized carbons (Fsp3) is 0.304. The maximum Gasteiger partial charge on any atom is 0.338 e. The van der Waals surface area contributed by atoms with Crippen LogP contribution in [0.3, 0.4) is 0 Å². The second-order valence-electron chi connectivity index (χ2n) is 7.00. The van der Waals surface area contributed by atoms with Crippen LogP contribution >= 0.6 is 0 Å². The molecule has 0 radical (unpaired) electrons. The van der Waals surface area contributed by atoms with Gasteiger partial charge in [-0.1, -0.05) is 12.1 Å². The molecule has 0 fully saturated rings. The Labute approximate surface area is 176 Å². The molecule has 2 aromatic carbocycles. The summed E-state index contributed by atoms with van der Waals surface area (Å²) in [7, 11) is 1.58. The van der Waals surface area contributed by atoms with Crippen molar-refractivity contribution in [3.05, 3.63) is 65.2 Å². The van der Waals surface area contributed by atoms with Crippen LogP contribution in [0.4, 0.5) is 4.79 Å². The van der Waals surface area contributed by atoms with Gasteiger partial charge in [0.2, 0.25) is 0 Å². The lowest BCUT2D eigenvalue weighted by atomic mass is 9.92. The predicted molar refractivity (Wildman–Crippen MR) is 113 cm³/mol. The van der Waals surface area contributed by atoms with Crippen molar-refractivity contribution in [2.24, 2.45) is 0 Å². The van der Waals surface area contributed by atoms with Crippen LogP contribution in [0.1, 0.15) is 37.9 Å². The van der Waals surface area contributed by atoms with E-state index >= 15 is 0 Å². The molecule has 2 N–H and O–H groups in total. The lowest BCUT2D eigenvalue weighted by Crippen LogP contribution is -2.45. The summed E-state index contributed by atoms with van der Waals surface area (Å²) < 4.78 is 16.2. The summed E-state index contributed by atoms with van der Waals surface area (Å²) in [5, 5.41) is 5.59. The molecule has 0 spiro atoms. The van der Waals surface area contributed by atoms with Crippen LogP contribution < -0.4 is 20.1 Å². The Morgan fingerprint density at radius 2 is 1.67 bits per heavy atom. The highest BCUT2D eigenvalue weighted by molar-refractivity contribution is 6.04. The molecular weight excluding hydrogens is 384 g/mol. The first-order valence-electron chi connectivity index (χ1n) is 9.82. The number of hydrogen-bond donors (Lipinski definition) is 2. The van der Waals surface area contributed by atoms with Crippen LogP contribution in [0.25, 0.3) is 5.70 Å². The van der Waals surface area contributed by atoms with E-state index < -0.39 is 18.0 Å². The predicted octanol–water partition coefficient (Wildman–Crippen LogP) is 3.81. The minimum absolute atomic E-state index is 0.0473. The first kappa shape index (κ1) is 21.2. The molecule has 1 atom stereocenters. The van der Waals surface area contributed by atoms with Gasteiger partial charge in [-0.3, -0.25) is 0 Å². The van der Waals surface area contributed by atoms with Crippen molar-refractivity contribution < 1.29 is 23.8 Å². The van der Waals surface area contributed by atoms with Crippen molar-refractivity contribution in [2.75, 3.05) is 13.7 Å². The number of benzene rings is 2. The normalized spacial score (nSPS) is 16.0. The zero-order valence-corrected chi connectivity index (χ0v) is 17.5. The van der Waals surface area contributed by atoms with Gasteiger partial charge in [-0.2, -0.15) is 0 Å². The van der Waals surface area contributed by atoms with Gasteiger partial charge in [0.15, 0.2) is 0 Å². The van der Waals surface area contributed by atoms with Crippen molar-refractivity contribution >= 4 is 17.7 Å². The number of carbonyl (C=O) groups is 2. The fourth-order valence-electron chi connectivity index (χ4n) is 3.24. The van der Waals surface area contributed by atoms with Crippen molar-refractivity contribution in [2.45, 2.75) is 32.9 Å². The molecule has 7 heteroatoms. The Morgan fingerprint density at radius 3 is 2.23 bits per heavy atom. The summed E-state index contributed by atoms with van der Waals surface area (Å²) in [5.41, 5.74) is 2.17. The third-order valence-corrected chi connectivity index (χ3v) is 4.53. The average molecular weight is 410 g/mol. The van der Waals surface area contributed by atoms with Gasteiger partial charge in [-0.15, -0.1) is 0 Å². The van der Waals surface area contributed by atoms with Crippen LogP contribution in [0.2, 0.25) is 0 Å². The zero-order valence-electron chi connectivity index (χ0n) is 17.5. The summed E-state index contributed by atoms with van der Waals surface area (Å²) in [6.45, 7) is 5.86. The zero-order chi connectivity index (χ0) is 21.7. The quantitative estimate of drug-likeness (QED) is 0.678. The first-order chi connectivity index (χ1) is 14.4. The second-order valence-corrected chi connectivity index (χ2v) is 7.00. The van der Waals surface area contributed by atoms with E-state index in [1.54, 1.807) is 38.3 Å². The molecule has 1 heterocycles. The highest BCUT2D eigenvalue weighted by atomic mass is 16.5. The molecule has 2 aromatic rings. The van der Waals surface area contributed by atoms with Crippen LogP contribution in [0, 0.1) is 0 Å². The number of methoxy groups -OCH3 is 1. The van der Waals surface area contributed by atoms with E-state index in [1.165, 1.54) is 0 Å². The molecule has 3 rings (SSSR count). The molecule has 1 aliphatic heterocycles. The number of esters is 1. The Bertz CT molecular complexity index is 933. The maximum absolute atomic E-state index is 12.9. The average Bonchev–Trinajstić information content (AvgIpc) is 2.73. The molecule has 1 unspecified atom stereocenters. The van der Waals surface area contributed by atoms with E-state index in [4.69, 9.17) is 14.2 Å². The molecule has 0 saturated carbocycles. The fourth-order valence-corrected chi connectivity index (χ4v) is 3.24. The Hall–Kier alpha value is -3.48. The molecule has 158 valence electrons. The van der Waals surface area contributed by atoms with Gasteiger partial charge in [0.05, 0.1) is 37.1 Å². The van der Waals surface area contributed by atoms with Crippen LogP contribution in [-0.2, 0) is 9.53 Å². The molecule has 7 nitrogen and oxygen atoms in total. The molecule has 2 amide bonds. The maximum atomic E-state index is 12.9. The number of nitrogens with one attached hydrogen (secondary N) is 2. The minimum Gasteiger partial charge on any atom is -0.497 e. The van der Waals surface area contributed by atoms with Gasteiger partial charge < -0.3 is 24.8 Å². The lowest BCUT2D eigenvalue weighted by molar-refractivity contribution is -0.138. The van der Waals surface area contributed by atoms with E-state index in [1.807, 2.05) is 38.1 Å². The SMILES string of the molecule is CCOC(=O)C1=C(c2ccc(OC)cc2)NC(=O)NC1c1ccc(OC(C)C)cc1. The van der Waals surface area contributed by atoms with Gasteiger partial charge in [0.1, 0.15) is 11.5 Å². The number of carbonyl (C=O) groups excluding carboxylic acids is 2. The van der Waals surface area contributed by atoms with Gasteiger partial charge in [0.25, 0.3) is 0 Å². The van der Waals surface area contributed by atoms with Gasteiger partial charge in [0, 0.05) is 0 Å². The van der Waals surface area contributed by atoms with Gasteiger partial charge in [-0.25, -0.2) is 9.59 Å². The number of hydrogen-bond acceptors (Lipinski definition) is 5. The molecule has 1 aliphatic rings. The van der Waals surface area contributed by atoms with E-state index in [0.29, 0.717) is 28.3 Å². The summed E-state index contributed by atoms with van der Waals surface area (Å²) in [4.78, 5) is 25.3. The number of amides is 2. The van der Waals surface area contributed by atoms with E-state index in [2.05, 4.69) is 10.6 Å². The second kappa shape index (κ2) is 9.35. The van der Waals surface area contributed by atoms with Crippen LogP contribution in [0.15, 0.2) is 54.1 Å². The summed E-state index contributed by atoms with van der Waals surface area (Å²) in [5.74, 6) is 0.893. The first-order valence-corrected chi connectivity index (χ1v) is 9.82. The smallest absolute Gasteiger partial charge is 0.338 e. The van der Waals surface area contributed by atoms with Crippen molar-refractivity contribution in [1.82, 2.24) is 10.6 Å². The number of urea groups is 1. The third-order valence-electron chi connectivity index (χ3n) is 4.53. The van der Waals surface area contributed by atoms with E-state index in [0.717, 1.165) is 5.56 Å². The number of rotatable bonds is 7. The topological polar surface area (TPSA) is 85.9 Å².